The van der Waals surface area contributed by atoms with E-state index in [0.29, 0.717) is 16.5 Å². The van der Waals surface area contributed by atoms with Gasteiger partial charge in [-0.05, 0) is 37.1 Å². The lowest BCUT2D eigenvalue weighted by Gasteiger charge is -2.23. The van der Waals surface area contributed by atoms with E-state index in [0.717, 1.165) is 23.9 Å². The molecule has 1 fully saturated rings. The maximum atomic E-state index is 12.4. The third-order valence-corrected chi connectivity index (χ3v) is 5.68. The molecule has 0 saturated carbocycles. The number of nitrogens with one attached hydrogen (secondary N) is 1. The number of rotatable bonds is 4. The van der Waals surface area contributed by atoms with Gasteiger partial charge in [0.15, 0.2) is 5.17 Å². The molecule has 0 atom stereocenters. The summed E-state index contributed by atoms with van der Waals surface area (Å²) in [5.41, 5.74) is 1.55. The van der Waals surface area contributed by atoms with Crippen molar-refractivity contribution < 1.29 is 4.79 Å². The summed E-state index contributed by atoms with van der Waals surface area (Å²) >= 11 is 7.61. The smallest absolute Gasteiger partial charge is 0.234 e. The molecule has 1 N–H and O–H groups in total. The zero-order valence-electron chi connectivity index (χ0n) is 15.2. The normalized spacial score (nSPS) is 15.3. The predicted molar refractivity (Wildman–Crippen MR) is 116 cm³/mol. The van der Waals surface area contributed by atoms with Crippen molar-refractivity contribution in [1.29, 1.82) is 0 Å². The van der Waals surface area contributed by atoms with Crippen LogP contribution in [0.25, 0.3) is 0 Å². The quantitative estimate of drug-likeness (QED) is 0.537. The zero-order chi connectivity index (χ0) is 18.9. The Morgan fingerprint density at radius 1 is 1.00 bits per heavy atom. The molecule has 1 amide bonds. The summed E-state index contributed by atoms with van der Waals surface area (Å²) in [4.78, 5) is 19.5. The summed E-state index contributed by atoms with van der Waals surface area (Å²) in [6, 6.07) is 17.2. The van der Waals surface area contributed by atoms with Gasteiger partial charge in [0.05, 0.1) is 22.2 Å². The van der Waals surface area contributed by atoms with E-state index in [4.69, 9.17) is 16.6 Å². The second-order valence-corrected chi connectivity index (χ2v) is 7.80. The first-order valence-corrected chi connectivity index (χ1v) is 10.6. The number of carbonyl (C=O) groups is 1. The highest BCUT2D eigenvalue weighted by molar-refractivity contribution is 8.14. The maximum Gasteiger partial charge on any atom is 0.234 e. The van der Waals surface area contributed by atoms with Crippen LogP contribution in [0.5, 0.6) is 0 Å². The highest BCUT2D eigenvalue weighted by Gasteiger charge is 2.16. The highest BCUT2D eigenvalue weighted by atomic mass is 35.5. The van der Waals surface area contributed by atoms with Crippen molar-refractivity contribution >= 4 is 45.8 Å². The zero-order valence-corrected chi connectivity index (χ0v) is 16.8. The van der Waals surface area contributed by atoms with Crippen molar-refractivity contribution in [3.8, 4) is 0 Å². The van der Waals surface area contributed by atoms with Crippen LogP contribution in [0, 0.1) is 0 Å². The van der Waals surface area contributed by atoms with Crippen molar-refractivity contribution in [3.05, 3.63) is 59.6 Å². The van der Waals surface area contributed by atoms with E-state index in [9.17, 15) is 4.79 Å². The average molecular weight is 402 g/mol. The Balaban J connectivity index is 1.68. The van der Waals surface area contributed by atoms with Gasteiger partial charge < -0.3 is 10.2 Å². The molecule has 2 aromatic carbocycles. The molecular weight excluding hydrogens is 378 g/mol. The lowest BCUT2D eigenvalue weighted by atomic mass is 10.2. The number of aliphatic imine (C=N–C) groups is 1. The fourth-order valence-electron chi connectivity index (χ4n) is 2.95. The molecule has 4 nitrogen and oxygen atoms in total. The maximum absolute atomic E-state index is 12.4. The first-order chi connectivity index (χ1) is 13.2. The van der Waals surface area contributed by atoms with E-state index in [2.05, 4.69) is 10.2 Å². The second kappa shape index (κ2) is 10.4. The van der Waals surface area contributed by atoms with Gasteiger partial charge in [0.2, 0.25) is 5.91 Å². The Kier molecular flexibility index (Phi) is 7.60. The monoisotopic (exact) mass is 401 g/mol. The number of anilines is 1. The molecular formula is C21H24ClN3OS. The molecule has 0 spiro atoms. The van der Waals surface area contributed by atoms with Gasteiger partial charge in [-0.3, -0.25) is 4.79 Å². The van der Waals surface area contributed by atoms with Crippen LogP contribution in [0.1, 0.15) is 25.7 Å². The van der Waals surface area contributed by atoms with Gasteiger partial charge in [-0.1, -0.05) is 66.5 Å². The fourth-order valence-corrected chi connectivity index (χ4v) is 4.00. The van der Waals surface area contributed by atoms with Crippen LogP contribution in [-0.4, -0.2) is 34.8 Å². The van der Waals surface area contributed by atoms with Crippen molar-refractivity contribution in [2.24, 2.45) is 4.99 Å². The molecule has 0 aliphatic carbocycles. The molecule has 0 unspecified atom stereocenters. The number of amidine groups is 1. The Hall–Kier alpha value is -1.98. The van der Waals surface area contributed by atoms with E-state index in [1.165, 1.54) is 37.4 Å². The van der Waals surface area contributed by atoms with E-state index < -0.39 is 0 Å². The summed E-state index contributed by atoms with van der Waals surface area (Å²) in [6.45, 7) is 1.98. The number of benzene rings is 2. The molecule has 0 radical (unpaired) electrons. The van der Waals surface area contributed by atoms with Crippen molar-refractivity contribution in [3.63, 3.8) is 0 Å². The molecule has 2 aromatic rings. The first kappa shape index (κ1) is 19.8. The number of hydrogen-bond acceptors (Lipinski definition) is 3. The minimum absolute atomic E-state index is 0.0799. The topological polar surface area (TPSA) is 44.7 Å². The van der Waals surface area contributed by atoms with Crippen molar-refractivity contribution in [2.75, 3.05) is 24.2 Å². The van der Waals surface area contributed by atoms with Crippen LogP contribution >= 0.6 is 23.4 Å². The van der Waals surface area contributed by atoms with Crippen LogP contribution in [0.4, 0.5) is 11.4 Å². The third-order valence-electron chi connectivity index (χ3n) is 4.34. The van der Waals surface area contributed by atoms with E-state index in [1.54, 1.807) is 12.1 Å². The number of amides is 1. The van der Waals surface area contributed by atoms with Crippen molar-refractivity contribution in [2.45, 2.75) is 25.7 Å². The minimum atomic E-state index is -0.0799. The van der Waals surface area contributed by atoms with Gasteiger partial charge in [-0.15, -0.1) is 0 Å². The third kappa shape index (κ3) is 6.29. The summed E-state index contributed by atoms with van der Waals surface area (Å²) in [6.07, 6.45) is 4.85. The fraction of sp³-hybridized carbons (Fsp3) is 0.333. The lowest BCUT2D eigenvalue weighted by Crippen LogP contribution is -2.31. The molecule has 1 saturated heterocycles. The molecule has 3 rings (SSSR count). The van der Waals surface area contributed by atoms with Gasteiger partial charge in [-0.2, -0.15) is 0 Å². The highest BCUT2D eigenvalue weighted by Crippen LogP contribution is 2.23. The average Bonchev–Trinajstić information content (AvgIpc) is 2.97. The van der Waals surface area contributed by atoms with E-state index in [-0.39, 0.29) is 5.91 Å². The molecule has 0 bridgehead atoms. The van der Waals surface area contributed by atoms with Crippen LogP contribution in [0.3, 0.4) is 0 Å². The van der Waals surface area contributed by atoms with E-state index in [1.807, 2.05) is 42.5 Å². The number of carbonyl (C=O) groups excluding carboxylic acids is 1. The number of likely N-dealkylation sites (tertiary alicyclic amines) is 1. The molecule has 1 aliphatic heterocycles. The summed E-state index contributed by atoms with van der Waals surface area (Å²) in [5.74, 6) is 0.219. The largest absolute Gasteiger partial charge is 0.351 e. The Bertz CT molecular complexity index is 774. The minimum Gasteiger partial charge on any atom is -0.351 e. The first-order valence-electron chi connectivity index (χ1n) is 9.28. The number of thioether (sulfide) groups is 1. The van der Waals surface area contributed by atoms with Crippen LogP contribution in [0.15, 0.2) is 59.6 Å². The van der Waals surface area contributed by atoms with Gasteiger partial charge in [-0.25, -0.2) is 4.99 Å². The van der Waals surface area contributed by atoms with Crippen LogP contribution in [0.2, 0.25) is 5.02 Å². The number of halogens is 1. The molecule has 0 aromatic heterocycles. The van der Waals surface area contributed by atoms with Gasteiger partial charge >= 0.3 is 0 Å². The van der Waals surface area contributed by atoms with Crippen LogP contribution < -0.4 is 5.32 Å². The molecule has 1 heterocycles. The molecule has 27 heavy (non-hydrogen) atoms. The standard InChI is InChI=1S/C21H24ClN3OS/c22-18-12-6-7-13-19(18)24-20(26)16-27-21(23-17-10-4-3-5-11-17)25-14-8-1-2-9-15-25/h3-7,10-13H,1-2,8-9,14-16H2,(H,24,26). The summed E-state index contributed by atoms with van der Waals surface area (Å²) in [5, 5.41) is 4.34. The Labute approximate surface area is 170 Å². The van der Waals surface area contributed by atoms with Gasteiger partial charge in [0, 0.05) is 13.1 Å². The number of hydrogen-bond donors (Lipinski definition) is 1. The number of para-hydroxylation sites is 2. The SMILES string of the molecule is O=C(CSC(=Nc1ccccc1)N1CCCCCC1)Nc1ccccc1Cl. The summed E-state index contributed by atoms with van der Waals surface area (Å²) in [7, 11) is 0. The van der Waals surface area contributed by atoms with E-state index >= 15 is 0 Å². The molecule has 6 heteroatoms. The van der Waals surface area contributed by atoms with Gasteiger partial charge in [0.1, 0.15) is 0 Å². The number of nitrogens with zero attached hydrogens (tertiary/aromatic N) is 2. The Morgan fingerprint density at radius 2 is 1.67 bits per heavy atom. The van der Waals surface area contributed by atoms with Gasteiger partial charge in [0.25, 0.3) is 0 Å². The Morgan fingerprint density at radius 3 is 2.37 bits per heavy atom. The second-order valence-electron chi connectivity index (χ2n) is 6.45. The van der Waals surface area contributed by atoms with Crippen LogP contribution in [-0.2, 0) is 4.79 Å². The molecule has 1 aliphatic rings. The lowest BCUT2D eigenvalue weighted by molar-refractivity contribution is -0.113. The summed E-state index contributed by atoms with van der Waals surface area (Å²) < 4.78 is 0. The van der Waals surface area contributed by atoms with Crippen molar-refractivity contribution in [1.82, 2.24) is 4.90 Å². The molecule has 142 valence electrons. The predicted octanol–water partition coefficient (Wildman–Crippen LogP) is 5.58.